The number of rotatable bonds is 4. The monoisotopic (exact) mass is 299 g/mol. The molecule has 0 unspecified atom stereocenters. The molecule has 0 N–H and O–H groups in total. The number of imidazole rings is 1. The number of amides is 1. The first-order valence-electron chi connectivity index (χ1n) is 6.50. The molecule has 2 aromatic rings. The molecule has 0 saturated heterocycles. The molecule has 4 nitrogen and oxygen atoms in total. The standard InChI is InChI=1S/C14H16F3N3O/c1-10-18-11-5-3-4-6-12(11)20(10)8-7-13(21)19(2)9-14(15,16)17/h3-6H,7-9H2,1-2H3. The lowest BCUT2D eigenvalue weighted by atomic mass is 10.3. The fourth-order valence-electron chi connectivity index (χ4n) is 2.23. The first kappa shape index (κ1) is 15.3. The van der Waals surface area contributed by atoms with Gasteiger partial charge < -0.3 is 9.47 Å². The number of nitrogens with zero attached hydrogens (tertiary/aromatic N) is 3. The van der Waals surface area contributed by atoms with Gasteiger partial charge in [-0.3, -0.25) is 4.79 Å². The molecule has 114 valence electrons. The molecular formula is C14H16F3N3O. The van der Waals surface area contributed by atoms with Crippen molar-refractivity contribution in [3.8, 4) is 0 Å². The van der Waals surface area contributed by atoms with E-state index >= 15 is 0 Å². The van der Waals surface area contributed by atoms with E-state index < -0.39 is 18.6 Å². The Morgan fingerprint density at radius 1 is 1.33 bits per heavy atom. The molecule has 0 aliphatic rings. The minimum absolute atomic E-state index is 0.00771. The summed E-state index contributed by atoms with van der Waals surface area (Å²) >= 11 is 0. The summed E-state index contributed by atoms with van der Waals surface area (Å²) in [7, 11) is 1.16. The minimum Gasteiger partial charge on any atom is -0.337 e. The number of para-hydroxylation sites is 2. The molecule has 1 aromatic carbocycles. The van der Waals surface area contributed by atoms with Crippen molar-refractivity contribution >= 4 is 16.9 Å². The minimum atomic E-state index is -4.37. The van der Waals surface area contributed by atoms with Gasteiger partial charge in [-0.15, -0.1) is 0 Å². The van der Waals surface area contributed by atoms with Crippen LogP contribution < -0.4 is 0 Å². The second kappa shape index (κ2) is 5.75. The van der Waals surface area contributed by atoms with Crippen molar-refractivity contribution in [3.05, 3.63) is 30.1 Å². The molecule has 1 heterocycles. The molecule has 0 aliphatic heterocycles. The third-order valence-corrected chi connectivity index (χ3v) is 3.24. The highest BCUT2D eigenvalue weighted by Crippen LogP contribution is 2.18. The zero-order valence-electron chi connectivity index (χ0n) is 11.8. The Labute approximate surface area is 120 Å². The lowest BCUT2D eigenvalue weighted by molar-refractivity contribution is -0.158. The van der Waals surface area contributed by atoms with Gasteiger partial charge in [-0.25, -0.2) is 4.98 Å². The predicted molar refractivity (Wildman–Crippen MR) is 72.8 cm³/mol. The number of alkyl halides is 3. The Balaban J connectivity index is 2.05. The van der Waals surface area contributed by atoms with Crippen LogP contribution in [0.15, 0.2) is 24.3 Å². The summed E-state index contributed by atoms with van der Waals surface area (Å²) in [5.41, 5.74) is 1.69. The van der Waals surface area contributed by atoms with Gasteiger partial charge in [0, 0.05) is 20.0 Å². The lowest BCUT2D eigenvalue weighted by Gasteiger charge is -2.19. The third kappa shape index (κ3) is 3.74. The van der Waals surface area contributed by atoms with Crippen molar-refractivity contribution in [2.24, 2.45) is 0 Å². The topological polar surface area (TPSA) is 38.1 Å². The van der Waals surface area contributed by atoms with E-state index in [9.17, 15) is 18.0 Å². The van der Waals surface area contributed by atoms with Crippen LogP contribution in [0.3, 0.4) is 0 Å². The van der Waals surface area contributed by atoms with Crippen molar-refractivity contribution in [3.63, 3.8) is 0 Å². The molecule has 0 atom stereocenters. The number of fused-ring (bicyclic) bond motifs is 1. The average molecular weight is 299 g/mol. The van der Waals surface area contributed by atoms with Crippen molar-refractivity contribution < 1.29 is 18.0 Å². The first-order valence-corrected chi connectivity index (χ1v) is 6.50. The highest BCUT2D eigenvalue weighted by molar-refractivity contribution is 5.78. The van der Waals surface area contributed by atoms with Crippen LogP contribution in [0.5, 0.6) is 0 Å². The highest BCUT2D eigenvalue weighted by atomic mass is 19.4. The van der Waals surface area contributed by atoms with Crippen molar-refractivity contribution in [1.82, 2.24) is 14.5 Å². The molecule has 21 heavy (non-hydrogen) atoms. The lowest BCUT2D eigenvalue weighted by Crippen LogP contribution is -2.36. The van der Waals surface area contributed by atoms with E-state index in [2.05, 4.69) is 4.98 Å². The van der Waals surface area contributed by atoms with E-state index in [1.165, 1.54) is 0 Å². The van der Waals surface area contributed by atoms with E-state index in [0.29, 0.717) is 11.4 Å². The van der Waals surface area contributed by atoms with Gasteiger partial charge in [0.15, 0.2) is 0 Å². The van der Waals surface area contributed by atoms with E-state index in [1.54, 1.807) is 0 Å². The molecular weight excluding hydrogens is 283 g/mol. The molecule has 0 fully saturated rings. The van der Waals surface area contributed by atoms with E-state index in [0.717, 1.165) is 23.9 Å². The Bertz CT molecular complexity index is 648. The summed E-state index contributed by atoms with van der Waals surface area (Å²) in [5.74, 6) is 0.201. The van der Waals surface area contributed by atoms with Gasteiger partial charge in [-0.2, -0.15) is 13.2 Å². The van der Waals surface area contributed by atoms with E-state index in [1.807, 2.05) is 35.8 Å². The first-order chi connectivity index (χ1) is 9.78. The molecule has 0 bridgehead atoms. The normalized spacial score (nSPS) is 11.9. The van der Waals surface area contributed by atoms with Gasteiger partial charge in [-0.1, -0.05) is 12.1 Å². The molecule has 1 aromatic heterocycles. The molecule has 7 heteroatoms. The fraction of sp³-hybridized carbons (Fsp3) is 0.429. The van der Waals surface area contributed by atoms with E-state index in [4.69, 9.17) is 0 Å². The number of aryl methyl sites for hydroxylation is 2. The van der Waals surface area contributed by atoms with Crippen LogP contribution in [0.1, 0.15) is 12.2 Å². The molecule has 0 radical (unpaired) electrons. The molecule has 0 saturated carbocycles. The maximum absolute atomic E-state index is 12.2. The van der Waals surface area contributed by atoms with Crippen LogP contribution in [0.2, 0.25) is 0 Å². The number of carbonyl (C=O) groups is 1. The summed E-state index contributed by atoms with van der Waals surface area (Å²) in [4.78, 5) is 16.8. The van der Waals surface area contributed by atoms with Crippen LogP contribution in [0, 0.1) is 6.92 Å². The van der Waals surface area contributed by atoms with E-state index in [-0.39, 0.29) is 6.42 Å². The average Bonchev–Trinajstić information content (AvgIpc) is 2.69. The van der Waals surface area contributed by atoms with Gasteiger partial charge in [0.25, 0.3) is 0 Å². The fourth-order valence-corrected chi connectivity index (χ4v) is 2.23. The van der Waals surface area contributed by atoms with Gasteiger partial charge in [0.1, 0.15) is 12.4 Å². The van der Waals surface area contributed by atoms with Crippen molar-refractivity contribution in [1.29, 1.82) is 0 Å². The number of hydrogen-bond acceptors (Lipinski definition) is 2. The summed E-state index contributed by atoms with van der Waals surface area (Å²) in [5, 5.41) is 0. The quantitative estimate of drug-likeness (QED) is 0.870. The molecule has 1 amide bonds. The Morgan fingerprint density at radius 2 is 2.00 bits per heavy atom. The number of aromatic nitrogens is 2. The Hall–Kier alpha value is -2.05. The van der Waals surface area contributed by atoms with Gasteiger partial charge >= 0.3 is 6.18 Å². The molecule has 2 rings (SSSR count). The number of carbonyl (C=O) groups excluding carboxylic acids is 1. The second-order valence-corrected chi connectivity index (χ2v) is 4.91. The zero-order chi connectivity index (χ0) is 15.6. The van der Waals surface area contributed by atoms with Gasteiger partial charge in [0.05, 0.1) is 11.0 Å². The summed E-state index contributed by atoms with van der Waals surface area (Å²) in [6.07, 6.45) is -4.37. The molecule has 0 aliphatic carbocycles. The number of halogens is 3. The number of hydrogen-bond donors (Lipinski definition) is 0. The maximum atomic E-state index is 12.2. The summed E-state index contributed by atoms with van der Waals surface area (Å²) < 4.78 is 38.6. The van der Waals surface area contributed by atoms with Crippen molar-refractivity contribution in [2.45, 2.75) is 26.1 Å². The highest BCUT2D eigenvalue weighted by Gasteiger charge is 2.31. The largest absolute Gasteiger partial charge is 0.406 e. The number of benzene rings is 1. The van der Waals surface area contributed by atoms with Crippen LogP contribution in [-0.2, 0) is 11.3 Å². The maximum Gasteiger partial charge on any atom is 0.406 e. The van der Waals surface area contributed by atoms with Crippen LogP contribution >= 0.6 is 0 Å². The van der Waals surface area contributed by atoms with Gasteiger partial charge in [0.2, 0.25) is 5.91 Å². The van der Waals surface area contributed by atoms with Crippen LogP contribution in [0.25, 0.3) is 11.0 Å². The van der Waals surface area contributed by atoms with Gasteiger partial charge in [-0.05, 0) is 19.1 Å². The predicted octanol–water partition coefficient (Wildman–Crippen LogP) is 2.76. The van der Waals surface area contributed by atoms with Crippen molar-refractivity contribution in [2.75, 3.05) is 13.6 Å². The Morgan fingerprint density at radius 3 is 2.67 bits per heavy atom. The SMILES string of the molecule is Cc1nc2ccccc2n1CCC(=O)N(C)CC(F)(F)F. The smallest absolute Gasteiger partial charge is 0.337 e. The van der Waals surface area contributed by atoms with Crippen LogP contribution in [-0.4, -0.2) is 40.1 Å². The second-order valence-electron chi connectivity index (χ2n) is 4.91. The Kier molecular flexibility index (Phi) is 4.20. The summed E-state index contributed by atoms with van der Waals surface area (Å²) in [6, 6.07) is 7.45. The third-order valence-electron chi connectivity index (χ3n) is 3.24. The molecule has 0 spiro atoms. The van der Waals surface area contributed by atoms with Crippen LogP contribution in [0.4, 0.5) is 13.2 Å². The summed E-state index contributed by atoms with van der Waals surface area (Å²) in [6.45, 7) is 0.896. The zero-order valence-corrected chi connectivity index (χ0v) is 11.8.